The van der Waals surface area contributed by atoms with Crippen molar-refractivity contribution < 1.29 is 9.90 Å². The number of rotatable bonds is 3. The first-order valence-corrected chi connectivity index (χ1v) is 6.43. The summed E-state index contributed by atoms with van der Waals surface area (Å²) in [5.74, 6) is 0.0784. The van der Waals surface area contributed by atoms with Crippen LogP contribution in [0, 0.1) is 0 Å². The molecule has 0 unspecified atom stereocenters. The summed E-state index contributed by atoms with van der Waals surface area (Å²) in [5, 5.41) is 9.58. The van der Waals surface area contributed by atoms with Gasteiger partial charge < -0.3 is 15.7 Å². The van der Waals surface area contributed by atoms with E-state index in [9.17, 15) is 9.90 Å². The van der Waals surface area contributed by atoms with Crippen molar-refractivity contribution >= 4 is 5.91 Å². The topological polar surface area (TPSA) is 66.6 Å². The first-order valence-electron chi connectivity index (χ1n) is 6.43. The Bertz CT molecular complexity index is 420. The minimum atomic E-state index is -0.368. The van der Waals surface area contributed by atoms with Crippen LogP contribution in [0.15, 0.2) is 24.3 Å². The number of hydrogen-bond acceptors (Lipinski definition) is 3. The van der Waals surface area contributed by atoms with E-state index in [4.69, 9.17) is 5.73 Å². The molecule has 1 aliphatic heterocycles. The van der Waals surface area contributed by atoms with Gasteiger partial charge in [-0.2, -0.15) is 0 Å². The second-order valence-electron chi connectivity index (χ2n) is 4.79. The predicted octanol–water partition coefficient (Wildman–Crippen LogP) is 0.671. The molecule has 18 heavy (non-hydrogen) atoms. The highest BCUT2D eigenvalue weighted by Gasteiger charge is 2.22. The predicted molar refractivity (Wildman–Crippen MR) is 69.9 cm³/mol. The van der Waals surface area contributed by atoms with Crippen LogP contribution in [-0.4, -0.2) is 35.1 Å². The Morgan fingerprint density at radius 3 is 2.78 bits per heavy atom. The third-order valence-corrected chi connectivity index (χ3v) is 3.43. The Hall–Kier alpha value is -1.39. The molecule has 0 spiro atoms. The molecule has 1 aromatic rings. The molecule has 1 aromatic carbocycles. The number of carbonyl (C=O) groups is 1. The van der Waals surface area contributed by atoms with E-state index in [0.717, 1.165) is 30.5 Å². The Morgan fingerprint density at radius 2 is 2.11 bits per heavy atom. The van der Waals surface area contributed by atoms with Crippen molar-refractivity contribution in [1.29, 1.82) is 0 Å². The summed E-state index contributed by atoms with van der Waals surface area (Å²) in [6, 6.07) is 7.75. The zero-order chi connectivity index (χ0) is 13.0. The number of benzene rings is 1. The molecule has 0 aliphatic carbocycles. The molecule has 4 nitrogen and oxygen atoms in total. The highest BCUT2D eigenvalue weighted by atomic mass is 16.3. The van der Waals surface area contributed by atoms with Crippen molar-refractivity contribution in [2.45, 2.75) is 31.9 Å². The normalized spacial score (nSPS) is 19.9. The molecule has 1 atom stereocenters. The van der Waals surface area contributed by atoms with E-state index in [1.165, 1.54) is 0 Å². The van der Waals surface area contributed by atoms with Gasteiger partial charge in [0, 0.05) is 19.6 Å². The first-order chi connectivity index (χ1) is 8.70. The average Bonchev–Trinajstić information content (AvgIpc) is 2.39. The SMILES string of the molecule is NCc1ccccc1CC(=O)N1CCC[C@H](O)C1. The van der Waals surface area contributed by atoms with E-state index in [1.807, 2.05) is 24.3 Å². The summed E-state index contributed by atoms with van der Waals surface area (Å²) < 4.78 is 0. The number of amides is 1. The number of β-amino-alcohol motifs (C(OH)–C–C–N with tert-alkyl or cyclic N) is 1. The lowest BCUT2D eigenvalue weighted by molar-refractivity contribution is -0.133. The summed E-state index contributed by atoms with van der Waals surface area (Å²) in [5.41, 5.74) is 7.67. The number of aliphatic hydroxyl groups excluding tert-OH is 1. The van der Waals surface area contributed by atoms with Gasteiger partial charge in [-0.15, -0.1) is 0 Å². The van der Waals surface area contributed by atoms with E-state index >= 15 is 0 Å². The summed E-state index contributed by atoms with van der Waals surface area (Å²) in [6.45, 7) is 1.66. The second-order valence-corrected chi connectivity index (χ2v) is 4.79. The quantitative estimate of drug-likeness (QED) is 0.826. The van der Waals surface area contributed by atoms with Crippen molar-refractivity contribution in [2.24, 2.45) is 5.73 Å². The van der Waals surface area contributed by atoms with Gasteiger partial charge in [0.15, 0.2) is 0 Å². The van der Waals surface area contributed by atoms with Gasteiger partial charge in [-0.1, -0.05) is 24.3 Å². The summed E-state index contributed by atoms with van der Waals surface area (Å²) >= 11 is 0. The van der Waals surface area contributed by atoms with Crippen LogP contribution in [0.2, 0.25) is 0 Å². The van der Waals surface area contributed by atoms with Crippen LogP contribution in [0.3, 0.4) is 0 Å². The van der Waals surface area contributed by atoms with Gasteiger partial charge >= 0.3 is 0 Å². The van der Waals surface area contributed by atoms with Gasteiger partial charge in [-0.05, 0) is 24.0 Å². The molecule has 2 rings (SSSR count). The Balaban J connectivity index is 2.02. The zero-order valence-corrected chi connectivity index (χ0v) is 10.5. The first kappa shape index (κ1) is 13.1. The Labute approximate surface area is 107 Å². The van der Waals surface area contributed by atoms with Crippen molar-refractivity contribution in [2.75, 3.05) is 13.1 Å². The largest absolute Gasteiger partial charge is 0.391 e. The van der Waals surface area contributed by atoms with Crippen LogP contribution in [0.4, 0.5) is 0 Å². The third-order valence-electron chi connectivity index (χ3n) is 3.43. The average molecular weight is 248 g/mol. The van der Waals surface area contributed by atoms with E-state index in [2.05, 4.69) is 0 Å². The maximum absolute atomic E-state index is 12.2. The summed E-state index contributed by atoms with van der Waals surface area (Å²) in [6.07, 6.45) is 1.68. The van der Waals surface area contributed by atoms with Gasteiger partial charge in [0.1, 0.15) is 0 Å². The summed E-state index contributed by atoms with van der Waals surface area (Å²) in [4.78, 5) is 13.9. The number of piperidine rings is 1. The molecular formula is C14H20N2O2. The molecule has 1 aliphatic rings. The number of aliphatic hydroxyl groups is 1. The van der Waals surface area contributed by atoms with Gasteiger partial charge in [-0.3, -0.25) is 4.79 Å². The van der Waals surface area contributed by atoms with Crippen LogP contribution >= 0.6 is 0 Å². The fourth-order valence-corrected chi connectivity index (χ4v) is 2.39. The van der Waals surface area contributed by atoms with E-state index in [-0.39, 0.29) is 12.0 Å². The van der Waals surface area contributed by atoms with Gasteiger partial charge in [-0.25, -0.2) is 0 Å². The summed E-state index contributed by atoms with van der Waals surface area (Å²) in [7, 11) is 0. The number of likely N-dealkylation sites (tertiary alicyclic amines) is 1. The second kappa shape index (κ2) is 5.98. The molecule has 4 heteroatoms. The smallest absolute Gasteiger partial charge is 0.227 e. The molecule has 0 saturated carbocycles. The van der Waals surface area contributed by atoms with Gasteiger partial charge in [0.2, 0.25) is 5.91 Å². The van der Waals surface area contributed by atoms with Crippen LogP contribution < -0.4 is 5.73 Å². The lowest BCUT2D eigenvalue weighted by atomic mass is 10.0. The molecule has 1 amide bonds. The fraction of sp³-hybridized carbons (Fsp3) is 0.500. The van der Waals surface area contributed by atoms with Crippen molar-refractivity contribution in [3.05, 3.63) is 35.4 Å². The molecule has 1 heterocycles. The standard InChI is InChI=1S/C14H20N2O2/c15-9-12-5-2-1-4-11(12)8-14(18)16-7-3-6-13(17)10-16/h1-2,4-5,13,17H,3,6-10,15H2/t13-/m0/s1. The lowest BCUT2D eigenvalue weighted by Crippen LogP contribution is -2.42. The van der Waals surface area contributed by atoms with Crippen molar-refractivity contribution in [3.8, 4) is 0 Å². The molecule has 98 valence electrons. The van der Waals surface area contributed by atoms with Gasteiger partial charge in [0.25, 0.3) is 0 Å². The molecule has 3 N–H and O–H groups in total. The highest BCUT2D eigenvalue weighted by molar-refractivity contribution is 5.79. The Kier molecular flexibility index (Phi) is 4.33. The van der Waals surface area contributed by atoms with Crippen LogP contribution in [-0.2, 0) is 17.8 Å². The molecule has 0 aromatic heterocycles. The number of hydrogen-bond donors (Lipinski definition) is 2. The maximum Gasteiger partial charge on any atom is 0.227 e. The molecule has 0 bridgehead atoms. The van der Waals surface area contributed by atoms with Crippen molar-refractivity contribution in [3.63, 3.8) is 0 Å². The molecule has 1 saturated heterocycles. The van der Waals surface area contributed by atoms with Crippen LogP contribution in [0.25, 0.3) is 0 Å². The fourth-order valence-electron chi connectivity index (χ4n) is 2.39. The number of nitrogens with zero attached hydrogens (tertiary/aromatic N) is 1. The molecular weight excluding hydrogens is 228 g/mol. The van der Waals surface area contributed by atoms with E-state index in [0.29, 0.717) is 19.5 Å². The maximum atomic E-state index is 12.2. The third kappa shape index (κ3) is 3.09. The van der Waals surface area contributed by atoms with E-state index < -0.39 is 0 Å². The Morgan fingerprint density at radius 1 is 1.39 bits per heavy atom. The van der Waals surface area contributed by atoms with Gasteiger partial charge in [0.05, 0.1) is 12.5 Å². The minimum absolute atomic E-state index is 0.0784. The molecule has 1 fully saturated rings. The number of carbonyl (C=O) groups excluding carboxylic acids is 1. The van der Waals surface area contributed by atoms with Crippen molar-refractivity contribution in [1.82, 2.24) is 4.90 Å². The number of nitrogens with two attached hydrogens (primary N) is 1. The van der Waals surface area contributed by atoms with E-state index in [1.54, 1.807) is 4.90 Å². The minimum Gasteiger partial charge on any atom is -0.391 e. The highest BCUT2D eigenvalue weighted by Crippen LogP contribution is 2.14. The van der Waals surface area contributed by atoms with Crippen LogP contribution in [0.1, 0.15) is 24.0 Å². The molecule has 0 radical (unpaired) electrons. The monoisotopic (exact) mass is 248 g/mol. The van der Waals surface area contributed by atoms with Crippen LogP contribution in [0.5, 0.6) is 0 Å². The zero-order valence-electron chi connectivity index (χ0n) is 10.5. The lowest BCUT2D eigenvalue weighted by Gasteiger charge is -2.30.